The molecular formula is C22H34O2. The second-order valence-electron chi connectivity index (χ2n) is 6.49. The summed E-state index contributed by atoms with van der Waals surface area (Å²) in [6.07, 6.45) is 18.0. The molecule has 0 unspecified atom stereocenters. The highest BCUT2D eigenvalue weighted by Crippen LogP contribution is 2.16. The largest absolute Gasteiger partial charge is 0.466 e. The van der Waals surface area contributed by atoms with Gasteiger partial charge in [-0.15, -0.1) is 0 Å². The molecule has 1 aromatic carbocycles. The molecule has 0 fully saturated rings. The van der Waals surface area contributed by atoms with E-state index in [1.54, 1.807) is 0 Å². The van der Waals surface area contributed by atoms with Crippen molar-refractivity contribution in [2.24, 2.45) is 0 Å². The number of carbonyl (C=O) groups is 1. The Morgan fingerprint density at radius 2 is 1.50 bits per heavy atom. The molecule has 0 amide bonds. The van der Waals surface area contributed by atoms with Crippen LogP contribution < -0.4 is 0 Å². The predicted molar refractivity (Wildman–Crippen MR) is 103 cm³/mol. The normalized spacial score (nSPS) is 11.1. The van der Waals surface area contributed by atoms with Crippen LogP contribution >= 0.6 is 0 Å². The van der Waals surface area contributed by atoms with Crippen molar-refractivity contribution < 1.29 is 9.53 Å². The molecule has 1 rings (SSSR count). The summed E-state index contributed by atoms with van der Waals surface area (Å²) < 4.78 is 4.65. The molecule has 0 aromatic heterocycles. The number of hydrogen-bond donors (Lipinski definition) is 0. The number of esters is 1. The van der Waals surface area contributed by atoms with Gasteiger partial charge in [-0.05, 0) is 30.0 Å². The van der Waals surface area contributed by atoms with E-state index in [-0.39, 0.29) is 5.97 Å². The van der Waals surface area contributed by atoms with Gasteiger partial charge in [0.05, 0.1) is 7.11 Å². The van der Waals surface area contributed by atoms with Crippen molar-refractivity contribution in [3.8, 4) is 0 Å². The maximum absolute atomic E-state index is 11.2. The fourth-order valence-electron chi connectivity index (χ4n) is 2.95. The van der Waals surface area contributed by atoms with Crippen molar-refractivity contribution in [1.29, 1.82) is 0 Å². The second-order valence-corrected chi connectivity index (χ2v) is 6.49. The second kappa shape index (κ2) is 13.8. The lowest BCUT2D eigenvalue weighted by Crippen LogP contribution is -1.95. The lowest BCUT2D eigenvalue weighted by atomic mass is 10.00. The molecule has 1 aromatic rings. The summed E-state index contributed by atoms with van der Waals surface area (Å²) in [5.74, 6) is -0.302. The number of carbonyl (C=O) groups excluding carboxylic acids is 1. The predicted octanol–water partition coefficient (Wildman–Crippen LogP) is 6.34. The topological polar surface area (TPSA) is 26.3 Å². The zero-order valence-electron chi connectivity index (χ0n) is 15.6. The molecule has 0 heterocycles. The highest BCUT2D eigenvalue weighted by Gasteiger charge is 2.00. The van der Waals surface area contributed by atoms with E-state index in [0.717, 1.165) is 12.0 Å². The minimum absolute atomic E-state index is 0.302. The molecule has 0 aliphatic carbocycles. The van der Waals surface area contributed by atoms with E-state index in [0.29, 0.717) is 0 Å². The molecule has 0 aliphatic rings. The van der Waals surface area contributed by atoms with Crippen molar-refractivity contribution in [3.63, 3.8) is 0 Å². The van der Waals surface area contributed by atoms with Gasteiger partial charge in [0.2, 0.25) is 0 Å². The third kappa shape index (κ3) is 9.54. The Kier molecular flexibility index (Phi) is 11.8. The van der Waals surface area contributed by atoms with Crippen molar-refractivity contribution in [3.05, 3.63) is 41.5 Å². The molecule has 2 heteroatoms. The van der Waals surface area contributed by atoms with E-state index in [2.05, 4.69) is 29.9 Å². The molecule has 0 N–H and O–H groups in total. The molecule has 134 valence electrons. The first kappa shape index (κ1) is 20.5. The van der Waals surface area contributed by atoms with Crippen LogP contribution in [0.2, 0.25) is 0 Å². The first-order valence-electron chi connectivity index (χ1n) is 9.62. The van der Waals surface area contributed by atoms with E-state index in [1.807, 2.05) is 12.1 Å². The standard InChI is InChI=1S/C22H34O2/c1-3-4-5-6-7-8-9-10-11-12-15-20-16-13-14-17-21(20)18-19-22(23)24-2/h13-14,16-19H,3-12,15H2,1-2H3. The van der Waals surface area contributed by atoms with E-state index < -0.39 is 0 Å². The average Bonchev–Trinajstić information content (AvgIpc) is 2.62. The van der Waals surface area contributed by atoms with E-state index >= 15 is 0 Å². The first-order valence-corrected chi connectivity index (χ1v) is 9.62. The van der Waals surface area contributed by atoms with E-state index in [9.17, 15) is 4.79 Å². The zero-order chi connectivity index (χ0) is 17.5. The fourth-order valence-corrected chi connectivity index (χ4v) is 2.95. The molecular weight excluding hydrogens is 296 g/mol. The smallest absolute Gasteiger partial charge is 0.330 e. The van der Waals surface area contributed by atoms with Crippen LogP contribution in [-0.4, -0.2) is 13.1 Å². The van der Waals surface area contributed by atoms with Gasteiger partial charge in [-0.2, -0.15) is 0 Å². The molecule has 0 saturated carbocycles. The van der Waals surface area contributed by atoms with Crippen LogP contribution in [0.4, 0.5) is 0 Å². The number of benzene rings is 1. The number of hydrogen-bond acceptors (Lipinski definition) is 2. The molecule has 0 bridgehead atoms. The number of unbranched alkanes of at least 4 members (excludes halogenated alkanes) is 9. The maximum atomic E-state index is 11.2. The summed E-state index contributed by atoms with van der Waals surface area (Å²) in [6.45, 7) is 2.27. The molecule has 2 nitrogen and oxygen atoms in total. The van der Waals surface area contributed by atoms with Gasteiger partial charge in [0.1, 0.15) is 0 Å². The SMILES string of the molecule is CCCCCCCCCCCCc1ccccc1C=CC(=O)OC. The lowest BCUT2D eigenvalue weighted by molar-refractivity contribution is -0.134. The Balaban J connectivity index is 2.19. The Morgan fingerprint density at radius 1 is 0.917 bits per heavy atom. The monoisotopic (exact) mass is 330 g/mol. The maximum Gasteiger partial charge on any atom is 0.330 e. The number of rotatable bonds is 13. The van der Waals surface area contributed by atoms with Crippen LogP contribution in [0.5, 0.6) is 0 Å². The molecule has 0 atom stereocenters. The summed E-state index contributed by atoms with van der Waals surface area (Å²) in [5, 5.41) is 0. The van der Waals surface area contributed by atoms with E-state index in [4.69, 9.17) is 0 Å². The van der Waals surface area contributed by atoms with Crippen LogP contribution in [0, 0.1) is 0 Å². The van der Waals surface area contributed by atoms with Crippen molar-refractivity contribution in [2.75, 3.05) is 7.11 Å². The Labute approximate surface area is 148 Å². The van der Waals surface area contributed by atoms with Gasteiger partial charge in [0.15, 0.2) is 0 Å². The Hall–Kier alpha value is -1.57. The Morgan fingerprint density at radius 3 is 2.12 bits per heavy atom. The minimum atomic E-state index is -0.302. The highest BCUT2D eigenvalue weighted by atomic mass is 16.5. The van der Waals surface area contributed by atoms with Crippen molar-refractivity contribution in [2.45, 2.75) is 77.6 Å². The van der Waals surface area contributed by atoms with Gasteiger partial charge in [-0.1, -0.05) is 89.0 Å². The van der Waals surface area contributed by atoms with Gasteiger partial charge < -0.3 is 4.74 Å². The van der Waals surface area contributed by atoms with Crippen LogP contribution in [0.15, 0.2) is 30.3 Å². The molecule has 0 aliphatic heterocycles. The van der Waals surface area contributed by atoms with Gasteiger partial charge in [0.25, 0.3) is 0 Å². The molecule has 0 radical (unpaired) electrons. The average molecular weight is 331 g/mol. The summed E-state index contributed by atoms with van der Waals surface area (Å²) in [5.41, 5.74) is 2.44. The van der Waals surface area contributed by atoms with Crippen LogP contribution in [0.3, 0.4) is 0 Å². The molecule has 24 heavy (non-hydrogen) atoms. The van der Waals surface area contributed by atoms with Gasteiger partial charge in [-0.25, -0.2) is 4.79 Å². The minimum Gasteiger partial charge on any atom is -0.466 e. The first-order chi connectivity index (χ1) is 11.8. The third-order valence-electron chi connectivity index (χ3n) is 4.45. The van der Waals surface area contributed by atoms with Gasteiger partial charge in [-0.3, -0.25) is 0 Å². The number of ether oxygens (including phenoxy) is 1. The van der Waals surface area contributed by atoms with E-state index in [1.165, 1.54) is 83.0 Å². The van der Waals surface area contributed by atoms with Crippen LogP contribution in [0.1, 0.15) is 82.3 Å². The van der Waals surface area contributed by atoms with Crippen LogP contribution in [-0.2, 0) is 16.0 Å². The zero-order valence-corrected chi connectivity index (χ0v) is 15.6. The highest BCUT2D eigenvalue weighted by molar-refractivity contribution is 5.87. The number of aryl methyl sites for hydroxylation is 1. The Bertz CT molecular complexity index is 477. The summed E-state index contributed by atoms with van der Waals surface area (Å²) in [6, 6.07) is 8.30. The van der Waals surface area contributed by atoms with Gasteiger partial charge >= 0.3 is 5.97 Å². The summed E-state index contributed by atoms with van der Waals surface area (Å²) in [7, 11) is 1.41. The van der Waals surface area contributed by atoms with Crippen LogP contribution in [0.25, 0.3) is 6.08 Å². The number of methoxy groups -OCH3 is 1. The molecule has 0 spiro atoms. The van der Waals surface area contributed by atoms with Crippen molar-refractivity contribution >= 4 is 12.0 Å². The quantitative estimate of drug-likeness (QED) is 0.240. The third-order valence-corrected chi connectivity index (χ3v) is 4.45. The molecule has 0 saturated heterocycles. The van der Waals surface area contributed by atoms with Crippen molar-refractivity contribution in [1.82, 2.24) is 0 Å². The summed E-state index contributed by atoms with van der Waals surface area (Å²) in [4.78, 5) is 11.2. The summed E-state index contributed by atoms with van der Waals surface area (Å²) >= 11 is 0. The lowest BCUT2D eigenvalue weighted by Gasteiger charge is -2.06. The van der Waals surface area contributed by atoms with Gasteiger partial charge in [0, 0.05) is 6.08 Å². The fraction of sp³-hybridized carbons (Fsp3) is 0.591.